The Kier molecular flexibility index (Phi) is 4.92. The molecule has 0 spiro atoms. The van der Waals surface area contributed by atoms with Crippen LogP contribution in [-0.2, 0) is 4.79 Å². The first kappa shape index (κ1) is 19.7. The van der Waals surface area contributed by atoms with E-state index in [-0.39, 0.29) is 5.78 Å². The molecule has 7 heteroatoms. The Bertz CT molecular complexity index is 1350. The van der Waals surface area contributed by atoms with Crippen molar-refractivity contribution in [3.05, 3.63) is 100 Å². The number of nitrogens with zero attached hydrogens (tertiary/aromatic N) is 2. The quantitative estimate of drug-likeness (QED) is 0.376. The topological polar surface area (TPSA) is 70.5 Å². The van der Waals surface area contributed by atoms with Crippen molar-refractivity contribution >= 4 is 59.9 Å². The molecule has 152 valence electrons. The second kappa shape index (κ2) is 7.76. The van der Waals surface area contributed by atoms with Crippen molar-refractivity contribution in [1.29, 1.82) is 0 Å². The van der Waals surface area contributed by atoms with Gasteiger partial charge in [-0.2, -0.15) is 0 Å². The van der Waals surface area contributed by atoms with Crippen LogP contribution in [0.1, 0.15) is 15.9 Å². The largest absolute Gasteiger partial charge is 0.503 e. The number of thiazole rings is 1. The summed E-state index contributed by atoms with van der Waals surface area (Å²) in [6.07, 6.45) is 0. The number of fused-ring (bicyclic) bond motifs is 1. The van der Waals surface area contributed by atoms with Gasteiger partial charge < -0.3 is 5.11 Å². The minimum Gasteiger partial charge on any atom is -0.503 e. The fourth-order valence-electron chi connectivity index (χ4n) is 3.71. The first-order chi connectivity index (χ1) is 15.0. The highest BCUT2D eigenvalue weighted by atomic mass is 79.9. The van der Waals surface area contributed by atoms with E-state index in [1.807, 2.05) is 42.5 Å². The number of aliphatic hydroxyl groups excluding tert-OH is 1. The van der Waals surface area contributed by atoms with Gasteiger partial charge in [-0.3, -0.25) is 14.5 Å². The van der Waals surface area contributed by atoms with Crippen molar-refractivity contribution in [1.82, 2.24) is 4.98 Å². The lowest BCUT2D eigenvalue weighted by Crippen LogP contribution is -2.41. The van der Waals surface area contributed by atoms with Crippen molar-refractivity contribution in [2.75, 3.05) is 4.90 Å². The van der Waals surface area contributed by atoms with Crippen LogP contribution in [0.5, 0.6) is 0 Å². The lowest BCUT2D eigenvalue weighted by Gasteiger charge is -2.23. The molecular formula is C24H15BrN2O3S. The van der Waals surface area contributed by atoms with Gasteiger partial charge in [-0.25, -0.2) is 4.98 Å². The minimum absolute atomic E-state index is 0.280. The van der Waals surface area contributed by atoms with E-state index < -0.39 is 17.7 Å². The van der Waals surface area contributed by atoms with E-state index in [2.05, 4.69) is 20.9 Å². The van der Waals surface area contributed by atoms with E-state index in [0.29, 0.717) is 27.3 Å². The fraction of sp³-hybridized carbons (Fsp3) is 0.0417. The molecule has 0 saturated heterocycles. The third-order valence-electron chi connectivity index (χ3n) is 5.14. The summed E-state index contributed by atoms with van der Waals surface area (Å²) in [7, 11) is 0. The van der Waals surface area contributed by atoms with Crippen LogP contribution < -0.4 is 4.90 Å². The summed E-state index contributed by atoms with van der Waals surface area (Å²) in [4.78, 5) is 32.7. The van der Waals surface area contributed by atoms with E-state index in [9.17, 15) is 14.7 Å². The Morgan fingerprint density at radius 2 is 1.68 bits per heavy atom. The average molecular weight is 491 g/mol. The van der Waals surface area contributed by atoms with Crippen LogP contribution in [-0.4, -0.2) is 27.8 Å². The number of aliphatic hydroxyl groups is 1. The van der Waals surface area contributed by atoms with Crippen LogP contribution in [0.25, 0.3) is 15.8 Å². The number of hydrogen-bond acceptors (Lipinski definition) is 5. The van der Waals surface area contributed by atoms with Gasteiger partial charge in [0, 0.05) is 15.6 Å². The Morgan fingerprint density at radius 3 is 2.39 bits per heavy atom. The first-order valence-electron chi connectivity index (χ1n) is 9.52. The average Bonchev–Trinajstić information content (AvgIpc) is 3.32. The van der Waals surface area contributed by atoms with Gasteiger partial charge in [0.05, 0.1) is 10.2 Å². The van der Waals surface area contributed by atoms with Gasteiger partial charge in [-0.05, 0) is 23.8 Å². The standard InChI is InChI=1S/C24H15BrN2O3S/c25-16-11-12-18-17(13-16)26-24(31-18)27-20(21(28)15-9-5-2-6-10-15)19(22(29)23(27)30)14-7-3-1-4-8-14/h1-13,20,29H/t20-/m0/s1. The highest BCUT2D eigenvalue weighted by Gasteiger charge is 2.46. The van der Waals surface area contributed by atoms with Crippen molar-refractivity contribution in [3.63, 3.8) is 0 Å². The molecule has 0 radical (unpaired) electrons. The molecule has 0 fully saturated rings. The van der Waals surface area contributed by atoms with Gasteiger partial charge in [0.15, 0.2) is 16.7 Å². The van der Waals surface area contributed by atoms with Crippen LogP contribution in [0.3, 0.4) is 0 Å². The van der Waals surface area contributed by atoms with Gasteiger partial charge in [0.2, 0.25) is 0 Å². The molecule has 3 aromatic carbocycles. The molecule has 4 aromatic rings. The molecule has 0 bridgehead atoms. The number of rotatable bonds is 4. The van der Waals surface area contributed by atoms with Crippen molar-refractivity contribution in [2.24, 2.45) is 0 Å². The molecule has 1 N–H and O–H groups in total. The zero-order valence-corrected chi connectivity index (χ0v) is 18.4. The Morgan fingerprint density at radius 1 is 1.00 bits per heavy atom. The number of ketones is 1. The number of amides is 1. The molecule has 5 nitrogen and oxygen atoms in total. The second-order valence-electron chi connectivity index (χ2n) is 7.04. The van der Waals surface area contributed by atoms with Crippen LogP contribution in [0.4, 0.5) is 5.13 Å². The molecule has 1 aliphatic rings. The smallest absolute Gasteiger partial charge is 0.296 e. The first-order valence-corrected chi connectivity index (χ1v) is 11.1. The minimum atomic E-state index is -1.01. The van der Waals surface area contributed by atoms with Crippen LogP contribution in [0, 0.1) is 0 Å². The number of halogens is 1. The molecular weight excluding hydrogens is 476 g/mol. The number of benzene rings is 3. The monoisotopic (exact) mass is 490 g/mol. The molecule has 0 saturated carbocycles. The van der Waals surface area contributed by atoms with Gasteiger partial charge in [0.1, 0.15) is 6.04 Å². The van der Waals surface area contributed by atoms with E-state index in [0.717, 1.165) is 9.17 Å². The number of hydrogen-bond donors (Lipinski definition) is 1. The third kappa shape index (κ3) is 3.36. The number of Topliss-reactive ketones (excluding diaryl/α,β-unsaturated/α-hetero) is 1. The normalized spacial score (nSPS) is 16.4. The number of carbonyl (C=O) groups is 2. The lowest BCUT2D eigenvalue weighted by atomic mass is 9.93. The molecule has 1 amide bonds. The van der Waals surface area contributed by atoms with E-state index in [1.165, 1.54) is 16.2 Å². The van der Waals surface area contributed by atoms with Gasteiger partial charge >= 0.3 is 0 Å². The zero-order valence-electron chi connectivity index (χ0n) is 16.0. The summed E-state index contributed by atoms with van der Waals surface area (Å²) in [5.41, 5.74) is 2.08. The summed E-state index contributed by atoms with van der Waals surface area (Å²) in [6, 6.07) is 22.4. The summed E-state index contributed by atoms with van der Waals surface area (Å²) < 4.78 is 1.75. The molecule has 1 aliphatic heterocycles. The highest BCUT2D eigenvalue weighted by molar-refractivity contribution is 9.10. The lowest BCUT2D eigenvalue weighted by molar-refractivity contribution is -0.116. The molecule has 31 heavy (non-hydrogen) atoms. The SMILES string of the molecule is O=C(c1ccccc1)[C@@H]1C(c2ccccc2)=C(O)C(=O)N1c1nc2cc(Br)ccc2s1. The Labute approximate surface area is 190 Å². The fourth-order valence-corrected chi connectivity index (χ4v) is 5.04. The van der Waals surface area contributed by atoms with E-state index in [4.69, 9.17) is 0 Å². The van der Waals surface area contributed by atoms with Gasteiger partial charge in [-0.1, -0.05) is 87.9 Å². The summed E-state index contributed by atoms with van der Waals surface area (Å²) >= 11 is 4.74. The van der Waals surface area contributed by atoms with Gasteiger partial charge in [0.25, 0.3) is 5.91 Å². The summed E-state index contributed by atoms with van der Waals surface area (Å²) in [5, 5.41) is 11.2. The molecule has 0 unspecified atom stereocenters. The van der Waals surface area contributed by atoms with E-state index in [1.54, 1.807) is 36.4 Å². The third-order valence-corrected chi connectivity index (χ3v) is 6.67. The van der Waals surface area contributed by atoms with Crippen LogP contribution in [0.15, 0.2) is 89.1 Å². The predicted molar refractivity (Wildman–Crippen MR) is 125 cm³/mol. The summed E-state index contributed by atoms with van der Waals surface area (Å²) in [5.74, 6) is -1.34. The zero-order chi connectivity index (χ0) is 21.5. The molecule has 1 aromatic heterocycles. The molecule has 2 heterocycles. The Hall–Kier alpha value is -3.29. The van der Waals surface area contributed by atoms with Gasteiger partial charge in [-0.15, -0.1) is 0 Å². The summed E-state index contributed by atoms with van der Waals surface area (Å²) in [6.45, 7) is 0. The predicted octanol–water partition coefficient (Wildman–Crippen LogP) is 5.63. The molecule has 1 atom stereocenters. The van der Waals surface area contributed by atoms with Crippen LogP contribution >= 0.6 is 27.3 Å². The van der Waals surface area contributed by atoms with Crippen molar-refractivity contribution in [3.8, 4) is 0 Å². The number of aromatic nitrogens is 1. The van der Waals surface area contributed by atoms with Crippen molar-refractivity contribution in [2.45, 2.75) is 6.04 Å². The Balaban J connectivity index is 1.69. The molecule has 0 aliphatic carbocycles. The van der Waals surface area contributed by atoms with Crippen LogP contribution in [0.2, 0.25) is 0 Å². The second-order valence-corrected chi connectivity index (χ2v) is 8.97. The number of anilines is 1. The maximum atomic E-state index is 13.6. The number of carbonyl (C=O) groups excluding carboxylic acids is 2. The molecule has 5 rings (SSSR count). The maximum absolute atomic E-state index is 13.6. The highest BCUT2D eigenvalue weighted by Crippen LogP contribution is 2.40. The van der Waals surface area contributed by atoms with Crippen molar-refractivity contribution < 1.29 is 14.7 Å². The maximum Gasteiger partial charge on any atom is 0.296 e. The van der Waals surface area contributed by atoms with E-state index >= 15 is 0 Å².